The average molecular weight is 326 g/mol. The lowest BCUT2D eigenvalue weighted by Gasteiger charge is -2.34. The van der Waals surface area contributed by atoms with Crippen molar-refractivity contribution in [2.75, 3.05) is 26.3 Å². The molecule has 22 heavy (non-hydrogen) atoms. The number of benzene rings is 1. The lowest BCUT2D eigenvalue weighted by Crippen LogP contribution is -2.48. The van der Waals surface area contributed by atoms with Crippen LogP contribution in [0.25, 0.3) is 0 Å². The summed E-state index contributed by atoms with van der Waals surface area (Å²) in [4.78, 5) is 0.249. The number of rotatable bonds is 2. The third-order valence-corrected chi connectivity index (χ3v) is 6.15. The fourth-order valence-corrected chi connectivity index (χ4v) is 4.37. The second-order valence-electron chi connectivity index (χ2n) is 5.95. The average Bonchev–Trinajstić information content (AvgIpc) is 2.74. The van der Waals surface area contributed by atoms with Gasteiger partial charge < -0.3 is 15.2 Å². The van der Waals surface area contributed by atoms with Crippen molar-refractivity contribution in [3.05, 3.63) is 18.2 Å². The molecule has 1 aromatic carbocycles. The Balaban J connectivity index is 1.88. The first-order chi connectivity index (χ1) is 10.5. The summed E-state index contributed by atoms with van der Waals surface area (Å²) in [6.07, 6.45) is 1.48. The van der Waals surface area contributed by atoms with Gasteiger partial charge in [-0.15, -0.1) is 0 Å². The number of piperidine rings is 1. The molecule has 0 spiro atoms. The van der Waals surface area contributed by atoms with Crippen LogP contribution in [0.4, 0.5) is 0 Å². The van der Waals surface area contributed by atoms with E-state index in [2.05, 4.69) is 0 Å². The molecule has 0 radical (unpaired) electrons. The Hall–Kier alpha value is -1.31. The van der Waals surface area contributed by atoms with Crippen molar-refractivity contribution in [3.63, 3.8) is 0 Å². The Morgan fingerprint density at radius 3 is 2.68 bits per heavy atom. The molecule has 1 saturated heterocycles. The van der Waals surface area contributed by atoms with Crippen molar-refractivity contribution in [1.29, 1.82) is 0 Å². The normalized spacial score (nSPS) is 26.5. The summed E-state index contributed by atoms with van der Waals surface area (Å²) < 4.78 is 38.2. The van der Waals surface area contributed by atoms with Gasteiger partial charge in [-0.05, 0) is 24.5 Å². The van der Waals surface area contributed by atoms with E-state index in [1.807, 2.05) is 6.92 Å². The van der Waals surface area contributed by atoms with Crippen molar-refractivity contribution in [2.24, 2.45) is 11.7 Å². The van der Waals surface area contributed by atoms with E-state index < -0.39 is 10.0 Å². The molecular weight excluding hydrogens is 304 g/mol. The minimum absolute atomic E-state index is 0.0650. The number of ether oxygens (including phenoxy) is 2. The molecule has 0 saturated carbocycles. The summed E-state index contributed by atoms with van der Waals surface area (Å²) in [5, 5.41) is 0. The quantitative estimate of drug-likeness (QED) is 0.883. The van der Waals surface area contributed by atoms with Crippen LogP contribution in [0.2, 0.25) is 0 Å². The van der Waals surface area contributed by atoms with E-state index in [9.17, 15) is 8.42 Å². The van der Waals surface area contributed by atoms with Gasteiger partial charge in [0, 0.05) is 31.6 Å². The van der Waals surface area contributed by atoms with Crippen LogP contribution in [0, 0.1) is 5.92 Å². The van der Waals surface area contributed by atoms with Gasteiger partial charge in [0.2, 0.25) is 10.0 Å². The second-order valence-corrected chi connectivity index (χ2v) is 7.89. The molecule has 3 rings (SSSR count). The molecule has 2 unspecified atom stereocenters. The maximum absolute atomic E-state index is 12.8. The molecule has 2 N–H and O–H groups in total. The summed E-state index contributed by atoms with van der Waals surface area (Å²) >= 11 is 0. The van der Waals surface area contributed by atoms with Gasteiger partial charge in [0.25, 0.3) is 0 Å². The lowest BCUT2D eigenvalue weighted by molar-refractivity contribution is 0.250. The molecule has 6 nitrogen and oxygen atoms in total. The van der Waals surface area contributed by atoms with Crippen LogP contribution in [0.5, 0.6) is 11.5 Å². The minimum Gasteiger partial charge on any atom is -0.490 e. The highest BCUT2D eigenvalue weighted by Crippen LogP contribution is 2.33. The van der Waals surface area contributed by atoms with Crippen LogP contribution in [0.3, 0.4) is 0 Å². The zero-order valence-corrected chi connectivity index (χ0v) is 13.5. The molecule has 2 aliphatic heterocycles. The molecular formula is C15H22N2O4S. The van der Waals surface area contributed by atoms with Gasteiger partial charge in [-0.1, -0.05) is 6.92 Å². The predicted octanol–water partition coefficient (Wildman–Crippen LogP) is 1.21. The Morgan fingerprint density at radius 1 is 1.23 bits per heavy atom. The van der Waals surface area contributed by atoms with Crippen LogP contribution >= 0.6 is 0 Å². The van der Waals surface area contributed by atoms with Gasteiger partial charge in [0.15, 0.2) is 11.5 Å². The summed E-state index contributed by atoms with van der Waals surface area (Å²) in [6, 6.07) is 4.89. The molecule has 122 valence electrons. The van der Waals surface area contributed by atoms with Crippen LogP contribution in [-0.4, -0.2) is 45.1 Å². The SMILES string of the molecule is CC1CN(S(=O)(=O)c2ccc3c(c2)OCCCO3)CCC1N. The van der Waals surface area contributed by atoms with Gasteiger partial charge in [-0.3, -0.25) is 0 Å². The zero-order chi connectivity index (χ0) is 15.7. The van der Waals surface area contributed by atoms with Crippen molar-refractivity contribution in [2.45, 2.75) is 30.7 Å². The first-order valence-electron chi connectivity index (χ1n) is 7.64. The maximum atomic E-state index is 12.8. The van der Waals surface area contributed by atoms with Crippen LogP contribution in [-0.2, 0) is 10.0 Å². The van der Waals surface area contributed by atoms with Crippen molar-refractivity contribution in [3.8, 4) is 11.5 Å². The molecule has 2 atom stereocenters. The number of nitrogens with two attached hydrogens (primary N) is 1. The number of hydrogen-bond donors (Lipinski definition) is 1. The zero-order valence-electron chi connectivity index (χ0n) is 12.7. The molecule has 0 aliphatic carbocycles. The van der Waals surface area contributed by atoms with Gasteiger partial charge in [0.05, 0.1) is 18.1 Å². The molecule has 0 amide bonds. The van der Waals surface area contributed by atoms with E-state index in [0.717, 1.165) is 6.42 Å². The van der Waals surface area contributed by atoms with Crippen LogP contribution < -0.4 is 15.2 Å². The van der Waals surface area contributed by atoms with Gasteiger partial charge in [0.1, 0.15) is 0 Å². The molecule has 7 heteroatoms. The van der Waals surface area contributed by atoms with E-state index in [4.69, 9.17) is 15.2 Å². The highest BCUT2D eigenvalue weighted by molar-refractivity contribution is 7.89. The number of sulfonamides is 1. The monoisotopic (exact) mass is 326 g/mol. The lowest BCUT2D eigenvalue weighted by atomic mass is 9.96. The molecule has 0 bridgehead atoms. The standard InChI is InChI=1S/C15H22N2O4S/c1-11-10-17(6-5-13(11)16)22(18,19)12-3-4-14-15(9-12)21-8-2-7-20-14/h3-4,9,11,13H,2,5-8,10,16H2,1H3. The Labute approximate surface area is 131 Å². The summed E-state index contributed by atoms with van der Waals surface area (Å²) in [5.41, 5.74) is 5.97. The van der Waals surface area contributed by atoms with Gasteiger partial charge in [-0.25, -0.2) is 8.42 Å². The highest BCUT2D eigenvalue weighted by Gasteiger charge is 2.32. The largest absolute Gasteiger partial charge is 0.490 e. The van der Waals surface area contributed by atoms with Gasteiger partial charge >= 0.3 is 0 Å². The molecule has 2 heterocycles. The van der Waals surface area contributed by atoms with E-state index in [1.54, 1.807) is 18.2 Å². The fraction of sp³-hybridized carbons (Fsp3) is 0.600. The topological polar surface area (TPSA) is 81.9 Å². The second kappa shape index (κ2) is 6.06. The Kier molecular flexibility index (Phi) is 4.29. The predicted molar refractivity (Wildman–Crippen MR) is 82.6 cm³/mol. The maximum Gasteiger partial charge on any atom is 0.243 e. The summed E-state index contributed by atoms with van der Waals surface area (Å²) in [6.45, 7) is 4.02. The third kappa shape index (κ3) is 2.93. The fourth-order valence-electron chi connectivity index (χ4n) is 2.80. The molecule has 1 fully saturated rings. The van der Waals surface area contributed by atoms with E-state index in [0.29, 0.717) is 44.2 Å². The summed E-state index contributed by atoms with van der Waals surface area (Å²) in [7, 11) is -3.52. The third-order valence-electron chi connectivity index (χ3n) is 4.29. The highest BCUT2D eigenvalue weighted by atomic mass is 32.2. The number of fused-ring (bicyclic) bond motifs is 1. The Morgan fingerprint density at radius 2 is 1.95 bits per heavy atom. The van der Waals surface area contributed by atoms with Crippen LogP contribution in [0.1, 0.15) is 19.8 Å². The Bertz CT molecular complexity index is 647. The number of nitrogens with zero attached hydrogens (tertiary/aromatic N) is 1. The first-order valence-corrected chi connectivity index (χ1v) is 9.08. The smallest absolute Gasteiger partial charge is 0.243 e. The summed E-state index contributed by atoms with van der Waals surface area (Å²) in [5.74, 6) is 1.26. The van der Waals surface area contributed by atoms with E-state index in [-0.39, 0.29) is 16.9 Å². The minimum atomic E-state index is -3.52. The molecule has 1 aromatic rings. The first kappa shape index (κ1) is 15.6. The van der Waals surface area contributed by atoms with Crippen molar-refractivity contribution in [1.82, 2.24) is 4.31 Å². The molecule has 2 aliphatic rings. The molecule has 0 aromatic heterocycles. The van der Waals surface area contributed by atoms with E-state index in [1.165, 1.54) is 4.31 Å². The van der Waals surface area contributed by atoms with Crippen LogP contribution in [0.15, 0.2) is 23.1 Å². The number of hydrogen-bond acceptors (Lipinski definition) is 5. The van der Waals surface area contributed by atoms with Gasteiger partial charge in [-0.2, -0.15) is 4.31 Å². The van der Waals surface area contributed by atoms with Crippen molar-refractivity contribution < 1.29 is 17.9 Å². The van der Waals surface area contributed by atoms with Crippen molar-refractivity contribution >= 4 is 10.0 Å². The van der Waals surface area contributed by atoms with E-state index >= 15 is 0 Å².